The maximum absolute atomic E-state index is 11.8. The Labute approximate surface area is 135 Å². The molecule has 0 aromatic heterocycles. The number of hydrogen-bond donors (Lipinski definition) is 3. The first-order chi connectivity index (χ1) is 11.0. The normalized spacial score (nSPS) is 42.4. The molecule has 3 rings (SSSR count). The molecule has 1 spiro atoms. The molecule has 2 saturated carbocycles. The number of ether oxygens (including phenoxy) is 3. The van der Waals surface area contributed by atoms with Crippen molar-refractivity contribution in [1.29, 1.82) is 0 Å². The van der Waals surface area contributed by atoms with Gasteiger partial charge in [-0.15, -0.1) is 0 Å². The molecule has 3 aliphatic rings. The fraction of sp³-hybridized carbons (Fsp3) is 0.938. The highest BCUT2D eigenvalue weighted by atomic mass is 16.8. The third kappa shape index (κ3) is 3.13. The summed E-state index contributed by atoms with van der Waals surface area (Å²) in [6.45, 7) is 1.85. The zero-order valence-corrected chi connectivity index (χ0v) is 13.4. The lowest BCUT2D eigenvalue weighted by Gasteiger charge is -2.40. The summed E-state index contributed by atoms with van der Waals surface area (Å²) in [4.78, 5) is 11.8. The van der Waals surface area contributed by atoms with Crippen molar-refractivity contribution in [3.8, 4) is 0 Å². The Morgan fingerprint density at radius 3 is 2.35 bits per heavy atom. The number of carbonyl (C=O) groups is 1. The van der Waals surface area contributed by atoms with E-state index in [0.717, 1.165) is 19.3 Å². The SMILES string of the molecule is CCCC(=O)O[C@@H]1[C@@H](O)[C@H](O)[C@@H](O)[C@H]2OC3(CCCCC3)O[C@H]21. The van der Waals surface area contributed by atoms with E-state index in [4.69, 9.17) is 14.2 Å². The van der Waals surface area contributed by atoms with Crippen LogP contribution in [0.4, 0.5) is 0 Å². The monoisotopic (exact) mass is 330 g/mol. The van der Waals surface area contributed by atoms with Crippen molar-refractivity contribution in [2.24, 2.45) is 0 Å². The smallest absolute Gasteiger partial charge is 0.306 e. The predicted octanol–water partition coefficient (Wildman–Crippen LogP) is 0.239. The summed E-state index contributed by atoms with van der Waals surface area (Å²) < 4.78 is 17.4. The molecule has 3 N–H and O–H groups in total. The molecule has 0 bridgehead atoms. The molecule has 0 aromatic rings. The van der Waals surface area contributed by atoms with Crippen molar-refractivity contribution in [3.05, 3.63) is 0 Å². The number of esters is 1. The van der Waals surface area contributed by atoms with Gasteiger partial charge in [0, 0.05) is 19.3 Å². The van der Waals surface area contributed by atoms with Gasteiger partial charge in [0.1, 0.15) is 30.5 Å². The molecule has 7 heteroatoms. The maximum atomic E-state index is 11.8. The molecule has 0 aromatic carbocycles. The molecule has 1 heterocycles. The fourth-order valence-corrected chi connectivity index (χ4v) is 3.84. The molecule has 7 nitrogen and oxygen atoms in total. The van der Waals surface area contributed by atoms with Crippen LogP contribution in [0.5, 0.6) is 0 Å². The van der Waals surface area contributed by atoms with Crippen LogP contribution >= 0.6 is 0 Å². The number of aliphatic hydroxyl groups excluding tert-OH is 3. The van der Waals surface area contributed by atoms with Crippen LogP contribution in [0.25, 0.3) is 0 Å². The van der Waals surface area contributed by atoms with Crippen molar-refractivity contribution in [2.45, 2.75) is 94.3 Å². The van der Waals surface area contributed by atoms with Gasteiger partial charge in [-0.05, 0) is 19.3 Å². The number of aliphatic hydroxyl groups is 3. The van der Waals surface area contributed by atoms with Crippen LogP contribution in [0, 0.1) is 0 Å². The summed E-state index contributed by atoms with van der Waals surface area (Å²) >= 11 is 0. The summed E-state index contributed by atoms with van der Waals surface area (Å²) in [6, 6.07) is 0. The Balaban J connectivity index is 1.80. The molecule has 1 aliphatic heterocycles. The summed E-state index contributed by atoms with van der Waals surface area (Å²) in [7, 11) is 0. The van der Waals surface area contributed by atoms with E-state index in [0.29, 0.717) is 19.3 Å². The largest absolute Gasteiger partial charge is 0.457 e. The third-order valence-electron chi connectivity index (χ3n) is 5.06. The van der Waals surface area contributed by atoms with Gasteiger partial charge in [0.25, 0.3) is 0 Å². The van der Waals surface area contributed by atoms with Gasteiger partial charge < -0.3 is 29.5 Å². The highest BCUT2D eigenvalue weighted by molar-refractivity contribution is 5.69. The number of rotatable bonds is 3. The van der Waals surface area contributed by atoms with Gasteiger partial charge >= 0.3 is 5.97 Å². The minimum atomic E-state index is -1.43. The van der Waals surface area contributed by atoms with E-state index < -0.39 is 48.4 Å². The summed E-state index contributed by atoms with van der Waals surface area (Å²) in [5.74, 6) is -1.25. The standard InChI is InChI=1S/C16H26O7/c1-2-6-9(17)21-13-11(19)10(18)12(20)14-15(13)23-16(22-14)7-4-3-5-8-16/h10-15,18-20H,2-8H2,1H3/t10-,11-,12+,13+,14+,15-/m0/s1. The number of hydrogen-bond acceptors (Lipinski definition) is 7. The highest BCUT2D eigenvalue weighted by Gasteiger charge is 2.61. The highest BCUT2D eigenvalue weighted by Crippen LogP contribution is 2.45. The number of carbonyl (C=O) groups excluding carboxylic acids is 1. The van der Waals surface area contributed by atoms with Gasteiger partial charge in [0.2, 0.25) is 0 Å². The third-order valence-corrected chi connectivity index (χ3v) is 5.06. The molecule has 0 unspecified atom stereocenters. The van der Waals surface area contributed by atoms with Crippen LogP contribution in [0.2, 0.25) is 0 Å². The van der Waals surface area contributed by atoms with Crippen LogP contribution in [-0.4, -0.2) is 63.7 Å². The molecule has 132 valence electrons. The molecular weight excluding hydrogens is 304 g/mol. The Bertz CT molecular complexity index is 434. The minimum absolute atomic E-state index is 0.227. The maximum Gasteiger partial charge on any atom is 0.306 e. The van der Waals surface area contributed by atoms with E-state index in [2.05, 4.69) is 0 Å². The van der Waals surface area contributed by atoms with E-state index in [9.17, 15) is 20.1 Å². The minimum Gasteiger partial charge on any atom is -0.457 e. The summed E-state index contributed by atoms with van der Waals surface area (Å²) in [5.41, 5.74) is 0. The van der Waals surface area contributed by atoms with E-state index in [-0.39, 0.29) is 6.42 Å². The van der Waals surface area contributed by atoms with Gasteiger partial charge in [-0.1, -0.05) is 13.3 Å². The van der Waals surface area contributed by atoms with Crippen molar-refractivity contribution in [2.75, 3.05) is 0 Å². The van der Waals surface area contributed by atoms with Crippen molar-refractivity contribution >= 4 is 5.97 Å². The van der Waals surface area contributed by atoms with Crippen molar-refractivity contribution in [3.63, 3.8) is 0 Å². The van der Waals surface area contributed by atoms with Crippen LogP contribution in [0.1, 0.15) is 51.9 Å². The Morgan fingerprint density at radius 2 is 1.70 bits per heavy atom. The lowest BCUT2D eigenvalue weighted by molar-refractivity contribution is -0.212. The molecule has 0 amide bonds. The quantitative estimate of drug-likeness (QED) is 0.637. The number of fused-ring (bicyclic) bond motifs is 1. The average molecular weight is 330 g/mol. The zero-order valence-electron chi connectivity index (χ0n) is 13.4. The first-order valence-corrected chi connectivity index (χ1v) is 8.57. The van der Waals surface area contributed by atoms with Crippen LogP contribution < -0.4 is 0 Å². The van der Waals surface area contributed by atoms with E-state index in [1.165, 1.54) is 0 Å². The van der Waals surface area contributed by atoms with Gasteiger partial charge in [0.15, 0.2) is 11.9 Å². The first kappa shape index (κ1) is 17.1. The van der Waals surface area contributed by atoms with Crippen LogP contribution in [0.15, 0.2) is 0 Å². The molecule has 6 atom stereocenters. The lowest BCUT2D eigenvalue weighted by Crippen LogP contribution is -2.63. The molecule has 2 aliphatic carbocycles. The lowest BCUT2D eigenvalue weighted by atomic mass is 9.85. The second-order valence-electron chi connectivity index (χ2n) is 6.81. The van der Waals surface area contributed by atoms with Crippen LogP contribution in [0.3, 0.4) is 0 Å². The van der Waals surface area contributed by atoms with E-state index in [1.54, 1.807) is 0 Å². The van der Waals surface area contributed by atoms with Gasteiger partial charge in [-0.25, -0.2) is 0 Å². The Kier molecular flexibility index (Phi) is 4.94. The molecule has 1 saturated heterocycles. The predicted molar refractivity (Wildman–Crippen MR) is 78.4 cm³/mol. The molecule has 3 fully saturated rings. The Hall–Kier alpha value is -0.730. The molecule has 0 radical (unpaired) electrons. The Morgan fingerprint density at radius 1 is 1.04 bits per heavy atom. The van der Waals surface area contributed by atoms with E-state index in [1.807, 2.05) is 6.92 Å². The van der Waals surface area contributed by atoms with Crippen molar-refractivity contribution < 1.29 is 34.3 Å². The van der Waals surface area contributed by atoms with Gasteiger partial charge in [-0.3, -0.25) is 4.79 Å². The van der Waals surface area contributed by atoms with Crippen molar-refractivity contribution in [1.82, 2.24) is 0 Å². The summed E-state index contributed by atoms with van der Waals surface area (Å²) in [6.07, 6.45) is -1.40. The van der Waals surface area contributed by atoms with Crippen LogP contribution in [-0.2, 0) is 19.0 Å². The molecule has 23 heavy (non-hydrogen) atoms. The van der Waals surface area contributed by atoms with Gasteiger partial charge in [0.05, 0.1) is 0 Å². The van der Waals surface area contributed by atoms with E-state index >= 15 is 0 Å². The molecular formula is C16H26O7. The average Bonchev–Trinajstić information content (AvgIpc) is 2.89. The zero-order chi connectivity index (χ0) is 16.6. The second kappa shape index (κ2) is 6.64. The first-order valence-electron chi connectivity index (χ1n) is 8.57. The second-order valence-corrected chi connectivity index (χ2v) is 6.81. The van der Waals surface area contributed by atoms with Gasteiger partial charge in [-0.2, -0.15) is 0 Å². The summed E-state index contributed by atoms with van der Waals surface area (Å²) in [5, 5.41) is 30.5. The topological polar surface area (TPSA) is 105 Å². The fourth-order valence-electron chi connectivity index (χ4n) is 3.84.